The number of fused-ring (bicyclic) bond motifs is 1. The second-order valence-electron chi connectivity index (χ2n) is 4.42. The molecule has 0 saturated carbocycles. The van der Waals surface area contributed by atoms with Gasteiger partial charge in [0.25, 0.3) is 10.0 Å². The number of aldehydes is 1. The summed E-state index contributed by atoms with van der Waals surface area (Å²) in [7, 11) is -3.81. The van der Waals surface area contributed by atoms with Gasteiger partial charge in [-0.3, -0.25) is 4.79 Å². The summed E-state index contributed by atoms with van der Waals surface area (Å²) in [5.74, 6) is 0. The third-order valence-corrected chi connectivity index (χ3v) is 6.07. The van der Waals surface area contributed by atoms with E-state index in [2.05, 4.69) is 0 Å². The lowest BCUT2D eigenvalue weighted by Gasteiger charge is -2.09. The largest absolute Gasteiger partial charge is 0.296 e. The Morgan fingerprint density at radius 1 is 0.952 bits per heavy atom. The number of rotatable bonds is 3. The molecule has 21 heavy (non-hydrogen) atoms. The van der Waals surface area contributed by atoms with Gasteiger partial charge in [-0.25, -0.2) is 12.4 Å². The number of halogens is 1. The Hall–Kier alpha value is -1.67. The molecule has 0 unspecified atom stereocenters. The summed E-state index contributed by atoms with van der Waals surface area (Å²) in [5.41, 5.74) is 0.661. The van der Waals surface area contributed by atoms with Crippen LogP contribution in [-0.4, -0.2) is 18.7 Å². The Bertz CT molecular complexity index is 930. The first-order chi connectivity index (χ1) is 10.1. The second kappa shape index (κ2) is 5.27. The highest BCUT2D eigenvalue weighted by Gasteiger charge is 2.25. The van der Waals surface area contributed by atoms with Crippen molar-refractivity contribution in [2.75, 3.05) is 0 Å². The summed E-state index contributed by atoms with van der Waals surface area (Å²) in [4.78, 5) is 11.6. The highest BCUT2D eigenvalue weighted by molar-refractivity contribution is 14.1. The minimum atomic E-state index is -3.81. The van der Waals surface area contributed by atoms with Gasteiger partial charge in [-0.15, -0.1) is 0 Å². The molecule has 0 spiro atoms. The van der Waals surface area contributed by atoms with E-state index in [-0.39, 0.29) is 10.6 Å². The topological polar surface area (TPSA) is 56.1 Å². The standard InChI is InChI=1S/C15H10INO3S/c16-15-12-8-4-5-9-13(12)17(14(15)10-18)21(19,20)11-6-2-1-3-7-11/h1-10H. The molecule has 0 amide bonds. The van der Waals surface area contributed by atoms with Gasteiger partial charge < -0.3 is 0 Å². The van der Waals surface area contributed by atoms with Crippen LogP contribution in [0.4, 0.5) is 0 Å². The molecule has 0 radical (unpaired) electrons. The third-order valence-electron chi connectivity index (χ3n) is 3.20. The lowest BCUT2D eigenvalue weighted by Crippen LogP contribution is -2.15. The van der Waals surface area contributed by atoms with E-state index in [0.717, 1.165) is 9.36 Å². The number of nitrogens with zero attached hydrogens (tertiary/aromatic N) is 1. The summed E-state index contributed by atoms with van der Waals surface area (Å²) in [5, 5.41) is 0.750. The molecule has 0 aliphatic rings. The van der Waals surface area contributed by atoms with Crippen LogP contribution in [0.2, 0.25) is 0 Å². The smallest absolute Gasteiger partial charge is 0.268 e. The fourth-order valence-corrected chi connectivity index (χ4v) is 4.76. The van der Waals surface area contributed by atoms with E-state index in [0.29, 0.717) is 15.4 Å². The summed E-state index contributed by atoms with van der Waals surface area (Å²) >= 11 is 2.00. The predicted octanol–water partition coefficient (Wildman–Crippen LogP) is 3.30. The summed E-state index contributed by atoms with van der Waals surface area (Å²) in [6.07, 6.45) is 0.586. The second-order valence-corrected chi connectivity index (χ2v) is 7.28. The molecule has 0 saturated heterocycles. The normalized spacial score (nSPS) is 11.7. The number of carbonyl (C=O) groups excluding carboxylic acids is 1. The van der Waals surface area contributed by atoms with Crippen LogP contribution in [0, 0.1) is 3.57 Å². The van der Waals surface area contributed by atoms with Gasteiger partial charge in [-0.2, -0.15) is 0 Å². The van der Waals surface area contributed by atoms with Crippen molar-refractivity contribution in [3.05, 3.63) is 63.9 Å². The van der Waals surface area contributed by atoms with Gasteiger partial charge in [-0.05, 0) is 40.8 Å². The van der Waals surface area contributed by atoms with Gasteiger partial charge >= 0.3 is 0 Å². The molecule has 0 N–H and O–H groups in total. The monoisotopic (exact) mass is 411 g/mol. The van der Waals surface area contributed by atoms with Crippen molar-refractivity contribution in [1.29, 1.82) is 0 Å². The van der Waals surface area contributed by atoms with Crippen LogP contribution >= 0.6 is 22.6 Å². The van der Waals surface area contributed by atoms with Crippen LogP contribution in [0.5, 0.6) is 0 Å². The number of benzene rings is 2. The lowest BCUT2D eigenvalue weighted by molar-refractivity contribution is 0.111. The van der Waals surface area contributed by atoms with Crippen molar-refractivity contribution in [2.24, 2.45) is 0 Å². The maximum atomic E-state index is 12.8. The van der Waals surface area contributed by atoms with Gasteiger partial charge in [0.2, 0.25) is 0 Å². The van der Waals surface area contributed by atoms with Crippen LogP contribution in [0.3, 0.4) is 0 Å². The summed E-state index contributed by atoms with van der Waals surface area (Å²) < 4.78 is 27.4. The van der Waals surface area contributed by atoms with Crippen molar-refractivity contribution >= 4 is 49.8 Å². The van der Waals surface area contributed by atoms with Crippen LogP contribution in [-0.2, 0) is 10.0 Å². The van der Waals surface area contributed by atoms with E-state index >= 15 is 0 Å². The fourth-order valence-electron chi connectivity index (χ4n) is 2.25. The van der Waals surface area contributed by atoms with Crippen LogP contribution < -0.4 is 0 Å². The predicted molar refractivity (Wildman–Crippen MR) is 89.1 cm³/mol. The summed E-state index contributed by atoms with van der Waals surface area (Å²) in [6, 6.07) is 15.2. The Morgan fingerprint density at radius 2 is 1.57 bits per heavy atom. The molecule has 0 aliphatic heterocycles. The average Bonchev–Trinajstić information content (AvgIpc) is 2.81. The third kappa shape index (κ3) is 2.18. The highest BCUT2D eigenvalue weighted by Crippen LogP contribution is 2.30. The van der Waals surface area contributed by atoms with Gasteiger partial charge in [0.05, 0.1) is 14.0 Å². The molecule has 1 heterocycles. The molecule has 2 aromatic carbocycles. The van der Waals surface area contributed by atoms with Crippen molar-refractivity contribution in [1.82, 2.24) is 3.97 Å². The molecule has 0 bridgehead atoms. The fraction of sp³-hybridized carbons (Fsp3) is 0. The number of hydrogen-bond donors (Lipinski definition) is 0. The van der Waals surface area contributed by atoms with E-state index in [1.165, 1.54) is 12.1 Å². The summed E-state index contributed by atoms with van der Waals surface area (Å²) in [6.45, 7) is 0. The molecular weight excluding hydrogens is 401 g/mol. The van der Waals surface area contributed by atoms with Crippen molar-refractivity contribution in [2.45, 2.75) is 4.90 Å². The van der Waals surface area contributed by atoms with Gasteiger partial charge in [0.1, 0.15) is 5.69 Å². The first-order valence-corrected chi connectivity index (χ1v) is 8.64. The molecule has 106 valence electrons. The zero-order chi connectivity index (χ0) is 15.0. The van der Waals surface area contributed by atoms with Crippen LogP contribution in [0.15, 0.2) is 59.5 Å². The van der Waals surface area contributed by atoms with Gasteiger partial charge in [-0.1, -0.05) is 36.4 Å². The van der Waals surface area contributed by atoms with Crippen molar-refractivity contribution in [3.63, 3.8) is 0 Å². The minimum Gasteiger partial charge on any atom is -0.296 e. The molecule has 3 aromatic rings. The molecule has 1 aromatic heterocycles. The molecule has 6 heteroatoms. The quantitative estimate of drug-likeness (QED) is 0.491. The van der Waals surface area contributed by atoms with Crippen LogP contribution in [0.1, 0.15) is 10.5 Å². The first-order valence-electron chi connectivity index (χ1n) is 6.12. The average molecular weight is 411 g/mol. The molecule has 4 nitrogen and oxygen atoms in total. The van der Waals surface area contributed by atoms with Crippen LogP contribution in [0.25, 0.3) is 10.9 Å². The molecule has 0 fully saturated rings. The lowest BCUT2D eigenvalue weighted by atomic mass is 10.2. The zero-order valence-corrected chi connectivity index (χ0v) is 13.7. The highest BCUT2D eigenvalue weighted by atomic mass is 127. The first kappa shape index (κ1) is 14.3. The van der Waals surface area contributed by atoms with E-state index < -0.39 is 10.0 Å². The Labute approximate surface area is 135 Å². The van der Waals surface area contributed by atoms with Gasteiger partial charge in [0.15, 0.2) is 6.29 Å². The molecular formula is C15H10INO3S. The van der Waals surface area contributed by atoms with E-state index in [1.807, 2.05) is 28.7 Å². The van der Waals surface area contributed by atoms with Gasteiger partial charge in [0, 0.05) is 5.39 Å². The van der Waals surface area contributed by atoms with E-state index in [9.17, 15) is 13.2 Å². The number of carbonyl (C=O) groups is 1. The molecule has 0 atom stereocenters. The van der Waals surface area contributed by atoms with E-state index in [1.54, 1.807) is 36.4 Å². The Balaban J connectivity index is 2.43. The number of hydrogen-bond acceptors (Lipinski definition) is 3. The van der Waals surface area contributed by atoms with E-state index in [4.69, 9.17) is 0 Å². The number of aromatic nitrogens is 1. The SMILES string of the molecule is O=Cc1c(I)c2ccccc2n1S(=O)(=O)c1ccccc1. The minimum absolute atomic E-state index is 0.153. The molecule has 3 rings (SSSR count). The number of para-hydroxylation sites is 1. The maximum Gasteiger partial charge on any atom is 0.268 e. The van der Waals surface area contributed by atoms with Crippen molar-refractivity contribution in [3.8, 4) is 0 Å². The van der Waals surface area contributed by atoms with Crippen molar-refractivity contribution < 1.29 is 13.2 Å². The maximum absolute atomic E-state index is 12.8. The Kier molecular flexibility index (Phi) is 3.58. The Morgan fingerprint density at radius 3 is 2.24 bits per heavy atom. The molecule has 0 aliphatic carbocycles. The zero-order valence-electron chi connectivity index (χ0n) is 10.7.